The molecule has 0 amide bonds. The van der Waals surface area contributed by atoms with Crippen LogP contribution in [0.15, 0.2) is 23.1 Å². The van der Waals surface area contributed by atoms with Gasteiger partial charge in [-0.1, -0.05) is 13.0 Å². The molecule has 1 aromatic carbocycles. The molecule has 0 radical (unpaired) electrons. The molecule has 4 nitrogen and oxygen atoms in total. The first-order valence-electron chi connectivity index (χ1n) is 5.58. The summed E-state index contributed by atoms with van der Waals surface area (Å²) in [5.41, 5.74) is 0.125. The van der Waals surface area contributed by atoms with E-state index in [-0.39, 0.29) is 9.87 Å². The summed E-state index contributed by atoms with van der Waals surface area (Å²) in [4.78, 5) is -0.846. The summed E-state index contributed by atoms with van der Waals surface area (Å²) in [5.74, 6) is -1.20. The number of nitrogens with zero attached hydrogens (tertiary/aromatic N) is 1. The van der Waals surface area contributed by atoms with Crippen molar-refractivity contribution < 1.29 is 31.1 Å². The number of alkyl halides is 3. The molecule has 0 aliphatic rings. The van der Waals surface area contributed by atoms with Crippen LogP contribution in [0.25, 0.3) is 0 Å². The third-order valence-electron chi connectivity index (χ3n) is 2.51. The van der Waals surface area contributed by atoms with Crippen LogP contribution in [0.1, 0.15) is 12.5 Å². The molecule has 114 valence electrons. The number of hydrogen-bond acceptors (Lipinski definition) is 3. The molecule has 0 spiro atoms. The summed E-state index contributed by atoms with van der Waals surface area (Å²) in [6.07, 6.45) is -4.72. The summed E-state index contributed by atoms with van der Waals surface area (Å²) in [7, 11) is -4.58. The second-order valence-corrected chi connectivity index (χ2v) is 5.88. The van der Waals surface area contributed by atoms with Gasteiger partial charge in [0.25, 0.3) is 0 Å². The van der Waals surface area contributed by atoms with Gasteiger partial charge in [0, 0.05) is 6.54 Å². The van der Waals surface area contributed by atoms with Gasteiger partial charge in [-0.05, 0) is 17.7 Å². The first-order valence-corrected chi connectivity index (χ1v) is 7.02. The minimum Gasteiger partial charge on any atom is -0.392 e. The highest BCUT2D eigenvalue weighted by atomic mass is 32.2. The van der Waals surface area contributed by atoms with E-state index in [9.17, 15) is 26.0 Å². The number of rotatable bonds is 5. The molecule has 1 aromatic rings. The van der Waals surface area contributed by atoms with Crippen LogP contribution in [0.3, 0.4) is 0 Å². The van der Waals surface area contributed by atoms with Crippen molar-refractivity contribution in [2.24, 2.45) is 0 Å². The molecule has 0 heterocycles. The molecule has 0 fully saturated rings. The molecule has 0 bridgehead atoms. The smallest absolute Gasteiger partial charge is 0.392 e. The minimum atomic E-state index is -4.72. The zero-order valence-corrected chi connectivity index (χ0v) is 11.3. The predicted octanol–water partition coefficient (Wildman–Crippen LogP) is 1.89. The molecule has 0 aromatic heterocycles. The Morgan fingerprint density at radius 1 is 1.30 bits per heavy atom. The monoisotopic (exact) mass is 315 g/mol. The fourth-order valence-corrected chi connectivity index (χ4v) is 3.04. The molecule has 0 saturated heterocycles. The Hall–Kier alpha value is -1.19. The van der Waals surface area contributed by atoms with Gasteiger partial charge in [-0.15, -0.1) is 0 Å². The Bertz CT molecular complexity index is 572. The topological polar surface area (TPSA) is 57.6 Å². The first kappa shape index (κ1) is 16.9. The second-order valence-electron chi connectivity index (χ2n) is 3.97. The van der Waals surface area contributed by atoms with Gasteiger partial charge in [0.2, 0.25) is 10.0 Å². The Balaban J connectivity index is 3.21. The van der Waals surface area contributed by atoms with Crippen LogP contribution in [0, 0.1) is 5.82 Å². The molecule has 0 aliphatic heterocycles. The molecule has 0 aliphatic carbocycles. The van der Waals surface area contributed by atoms with Gasteiger partial charge in [0.05, 0.1) is 6.61 Å². The van der Waals surface area contributed by atoms with Gasteiger partial charge >= 0.3 is 6.18 Å². The predicted molar refractivity (Wildman–Crippen MR) is 62.8 cm³/mol. The Morgan fingerprint density at radius 2 is 1.90 bits per heavy atom. The van der Waals surface area contributed by atoms with Crippen molar-refractivity contribution in [3.8, 4) is 0 Å². The lowest BCUT2D eigenvalue weighted by Crippen LogP contribution is -2.39. The zero-order chi connectivity index (χ0) is 15.6. The summed E-state index contributed by atoms with van der Waals surface area (Å²) in [5, 5.41) is 8.79. The van der Waals surface area contributed by atoms with E-state index in [1.807, 2.05) is 0 Å². The Labute approximate surface area is 113 Å². The lowest BCUT2D eigenvalue weighted by atomic mass is 10.2. The van der Waals surface area contributed by atoms with Crippen molar-refractivity contribution in [3.63, 3.8) is 0 Å². The molecular formula is C11H13F4NO3S. The van der Waals surface area contributed by atoms with Gasteiger partial charge in [-0.3, -0.25) is 0 Å². The van der Waals surface area contributed by atoms with Crippen LogP contribution in [0.5, 0.6) is 0 Å². The highest BCUT2D eigenvalue weighted by Crippen LogP contribution is 2.24. The van der Waals surface area contributed by atoms with E-state index >= 15 is 0 Å². The van der Waals surface area contributed by atoms with E-state index < -0.39 is 46.6 Å². The number of halogens is 4. The van der Waals surface area contributed by atoms with E-state index in [0.29, 0.717) is 0 Å². The third-order valence-corrected chi connectivity index (χ3v) is 4.46. The van der Waals surface area contributed by atoms with Crippen LogP contribution in [0.2, 0.25) is 0 Å². The maximum atomic E-state index is 13.7. The van der Waals surface area contributed by atoms with Crippen LogP contribution < -0.4 is 0 Å². The van der Waals surface area contributed by atoms with E-state index in [2.05, 4.69) is 0 Å². The highest BCUT2D eigenvalue weighted by Gasteiger charge is 2.37. The minimum absolute atomic E-state index is 0.125. The zero-order valence-electron chi connectivity index (χ0n) is 10.5. The summed E-state index contributed by atoms with van der Waals surface area (Å²) < 4.78 is 74.8. The van der Waals surface area contributed by atoms with Gasteiger partial charge in [-0.25, -0.2) is 12.8 Å². The third kappa shape index (κ3) is 3.90. The molecule has 0 saturated carbocycles. The molecule has 20 heavy (non-hydrogen) atoms. The molecule has 9 heteroatoms. The highest BCUT2D eigenvalue weighted by molar-refractivity contribution is 7.89. The summed E-state index contributed by atoms with van der Waals surface area (Å²) in [6.45, 7) is -1.41. The molecule has 0 atom stereocenters. The largest absolute Gasteiger partial charge is 0.402 e. The Morgan fingerprint density at radius 3 is 2.30 bits per heavy atom. The summed E-state index contributed by atoms with van der Waals surface area (Å²) in [6, 6.07) is 2.75. The molecule has 1 rings (SSSR count). The van der Waals surface area contributed by atoms with E-state index in [0.717, 1.165) is 18.2 Å². The number of hydrogen-bond donors (Lipinski definition) is 1. The average molecular weight is 315 g/mol. The fraction of sp³-hybridized carbons (Fsp3) is 0.455. The van der Waals surface area contributed by atoms with Crippen molar-refractivity contribution in [3.05, 3.63) is 29.6 Å². The van der Waals surface area contributed by atoms with Crippen molar-refractivity contribution in [1.82, 2.24) is 4.31 Å². The first-order chi connectivity index (χ1) is 9.11. The lowest BCUT2D eigenvalue weighted by Gasteiger charge is -2.22. The van der Waals surface area contributed by atoms with Crippen LogP contribution in [0.4, 0.5) is 17.6 Å². The number of aliphatic hydroxyl groups excluding tert-OH is 1. The van der Waals surface area contributed by atoms with Crippen LogP contribution in [-0.2, 0) is 16.6 Å². The van der Waals surface area contributed by atoms with Crippen LogP contribution >= 0.6 is 0 Å². The quantitative estimate of drug-likeness (QED) is 0.844. The van der Waals surface area contributed by atoms with Crippen molar-refractivity contribution in [2.75, 3.05) is 13.1 Å². The van der Waals surface area contributed by atoms with Gasteiger partial charge in [0.15, 0.2) is 0 Å². The number of aliphatic hydroxyl groups is 1. The van der Waals surface area contributed by atoms with Gasteiger partial charge in [-0.2, -0.15) is 17.5 Å². The van der Waals surface area contributed by atoms with Crippen LogP contribution in [-0.4, -0.2) is 37.1 Å². The number of sulfonamides is 1. The van der Waals surface area contributed by atoms with Gasteiger partial charge < -0.3 is 5.11 Å². The van der Waals surface area contributed by atoms with E-state index in [1.165, 1.54) is 6.92 Å². The normalized spacial score (nSPS) is 12.9. The fourth-order valence-electron chi connectivity index (χ4n) is 1.56. The second kappa shape index (κ2) is 6.06. The van der Waals surface area contributed by atoms with E-state index in [1.54, 1.807) is 0 Å². The lowest BCUT2D eigenvalue weighted by molar-refractivity contribution is -0.135. The standard InChI is InChI=1S/C11H13F4NO3S/c1-2-16(7-11(13,14)15)20(18,19)10-4-3-8(6-17)5-9(10)12/h3-5,17H,2,6-7H2,1H3. The average Bonchev–Trinajstić information content (AvgIpc) is 2.34. The van der Waals surface area contributed by atoms with Gasteiger partial charge in [0.1, 0.15) is 17.3 Å². The SMILES string of the molecule is CCN(CC(F)(F)F)S(=O)(=O)c1ccc(CO)cc1F. The van der Waals surface area contributed by atoms with Crippen molar-refractivity contribution in [1.29, 1.82) is 0 Å². The Kier molecular flexibility index (Phi) is 5.11. The van der Waals surface area contributed by atoms with Crippen molar-refractivity contribution in [2.45, 2.75) is 24.6 Å². The summed E-state index contributed by atoms with van der Waals surface area (Å²) >= 11 is 0. The maximum Gasteiger partial charge on any atom is 0.402 e. The molecule has 1 N–H and O–H groups in total. The number of benzene rings is 1. The maximum absolute atomic E-state index is 13.7. The molecule has 0 unspecified atom stereocenters. The van der Waals surface area contributed by atoms with E-state index in [4.69, 9.17) is 5.11 Å². The molecular weight excluding hydrogens is 302 g/mol. The van der Waals surface area contributed by atoms with Crippen molar-refractivity contribution >= 4 is 10.0 Å².